The maximum absolute atomic E-state index is 12.5. The van der Waals surface area contributed by atoms with Gasteiger partial charge >= 0.3 is 0 Å². The van der Waals surface area contributed by atoms with Gasteiger partial charge in [-0.05, 0) is 57.3 Å². The van der Waals surface area contributed by atoms with Gasteiger partial charge in [0.15, 0.2) is 0 Å². The van der Waals surface area contributed by atoms with Gasteiger partial charge in [0.2, 0.25) is 5.91 Å². The van der Waals surface area contributed by atoms with Crippen LogP contribution in [0.2, 0.25) is 0 Å². The Morgan fingerprint density at radius 2 is 1.75 bits per heavy atom. The number of aromatic nitrogens is 2. The number of carbonyl (C=O) groups excluding carboxylic acids is 2. The topological polar surface area (TPSA) is 75.2 Å². The van der Waals surface area contributed by atoms with Gasteiger partial charge in [-0.25, -0.2) is 9.97 Å². The first-order valence-corrected chi connectivity index (χ1v) is 10.8. The highest BCUT2D eigenvalue weighted by Crippen LogP contribution is 2.36. The molecule has 0 atom stereocenters. The van der Waals surface area contributed by atoms with Crippen LogP contribution in [-0.2, 0) is 4.79 Å². The third kappa shape index (κ3) is 5.30. The summed E-state index contributed by atoms with van der Waals surface area (Å²) < 4.78 is 0. The normalized spacial score (nSPS) is 22.8. The predicted octanol–water partition coefficient (Wildman–Crippen LogP) is 3.46. The molecule has 2 fully saturated rings. The fourth-order valence-corrected chi connectivity index (χ4v) is 4.65. The highest BCUT2D eigenvalue weighted by Gasteiger charge is 2.28. The Labute approximate surface area is 168 Å². The van der Waals surface area contributed by atoms with E-state index in [1.807, 2.05) is 6.92 Å². The highest BCUT2D eigenvalue weighted by molar-refractivity contribution is 5.94. The maximum Gasteiger partial charge on any atom is 0.256 e. The van der Waals surface area contributed by atoms with Crippen LogP contribution in [0, 0.1) is 18.8 Å². The Morgan fingerprint density at radius 1 is 1.07 bits per heavy atom. The van der Waals surface area contributed by atoms with Crippen LogP contribution in [0.3, 0.4) is 0 Å². The van der Waals surface area contributed by atoms with Crippen molar-refractivity contribution >= 4 is 11.8 Å². The van der Waals surface area contributed by atoms with Crippen molar-refractivity contribution in [3.63, 3.8) is 0 Å². The zero-order valence-electron chi connectivity index (χ0n) is 17.5. The summed E-state index contributed by atoms with van der Waals surface area (Å²) in [6.07, 6.45) is 11.5. The van der Waals surface area contributed by atoms with Gasteiger partial charge in [0.05, 0.1) is 11.3 Å². The number of aryl methyl sites for hydroxylation is 1. The van der Waals surface area contributed by atoms with Gasteiger partial charge in [-0.1, -0.05) is 12.8 Å². The minimum Gasteiger partial charge on any atom is -0.356 e. The van der Waals surface area contributed by atoms with E-state index in [1.165, 1.54) is 25.7 Å². The van der Waals surface area contributed by atoms with Crippen LogP contribution >= 0.6 is 0 Å². The van der Waals surface area contributed by atoms with Gasteiger partial charge in [-0.15, -0.1) is 0 Å². The van der Waals surface area contributed by atoms with Crippen LogP contribution < -0.4 is 5.32 Å². The second-order valence-corrected chi connectivity index (χ2v) is 8.79. The zero-order valence-corrected chi connectivity index (χ0v) is 17.5. The van der Waals surface area contributed by atoms with E-state index in [2.05, 4.69) is 15.3 Å². The zero-order chi connectivity index (χ0) is 20.1. The number of rotatable bonds is 6. The average Bonchev–Trinajstić information content (AvgIpc) is 3.19. The van der Waals surface area contributed by atoms with Crippen LogP contribution in [0.15, 0.2) is 6.20 Å². The molecule has 0 saturated heterocycles. The molecular formula is C22H34N4O2. The molecule has 0 aromatic carbocycles. The van der Waals surface area contributed by atoms with Gasteiger partial charge in [0.25, 0.3) is 5.91 Å². The van der Waals surface area contributed by atoms with Crippen molar-refractivity contribution in [1.82, 2.24) is 20.2 Å². The van der Waals surface area contributed by atoms with E-state index in [9.17, 15) is 9.59 Å². The molecule has 154 valence electrons. The number of hydrogen-bond donors (Lipinski definition) is 1. The number of hydrogen-bond acceptors (Lipinski definition) is 4. The lowest BCUT2D eigenvalue weighted by atomic mass is 9.79. The second kappa shape index (κ2) is 9.48. The van der Waals surface area contributed by atoms with E-state index in [-0.39, 0.29) is 11.8 Å². The molecule has 1 aromatic heterocycles. The molecule has 3 rings (SSSR count). The average molecular weight is 387 g/mol. The Bertz CT molecular complexity index is 690. The van der Waals surface area contributed by atoms with Crippen molar-refractivity contribution in [3.8, 4) is 0 Å². The molecular weight excluding hydrogens is 352 g/mol. The van der Waals surface area contributed by atoms with Crippen LogP contribution in [0.1, 0.15) is 85.6 Å². The van der Waals surface area contributed by atoms with Crippen LogP contribution in [0.5, 0.6) is 0 Å². The molecule has 1 heterocycles. The van der Waals surface area contributed by atoms with Crippen LogP contribution in [0.4, 0.5) is 0 Å². The van der Waals surface area contributed by atoms with Crippen molar-refractivity contribution in [2.24, 2.45) is 11.8 Å². The minimum atomic E-state index is -0.0312. The van der Waals surface area contributed by atoms with Crippen molar-refractivity contribution in [1.29, 1.82) is 0 Å². The molecule has 2 amide bonds. The third-order valence-corrected chi connectivity index (χ3v) is 6.35. The molecule has 6 heteroatoms. The summed E-state index contributed by atoms with van der Waals surface area (Å²) in [5.41, 5.74) is 1.53. The smallest absolute Gasteiger partial charge is 0.256 e. The quantitative estimate of drug-likeness (QED) is 0.812. The summed E-state index contributed by atoms with van der Waals surface area (Å²) >= 11 is 0. The lowest BCUT2D eigenvalue weighted by molar-refractivity contribution is -0.122. The number of nitrogens with one attached hydrogen (secondary N) is 1. The molecule has 0 radical (unpaired) electrons. The first-order chi connectivity index (χ1) is 13.4. The first kappa shape index (κ1) is 20.7. The standard InChI is InChI=1S/C22H34N4O2/c1-15-23-14-19(22(28)26(2)3)21(25-15)18-10-8-17(9-11-18)13-24-20(27)12-16-6-4-5-7-16/h14,16-18H,4-13H2,1-3H3,(H,24,27). The Kier molecular flexibility index (Phi) is 7.03. The summed E-state index contributed by atoms with van der Waals surface area (Å²) in [5, 5.41) is 3.16. The van der Waals surface area contributed by atoms with Gasteiger partial charge in [0.1, 0.15) is 5.82 Å². The van der Waals surface area contributed by atoms with Crippen molar-refractivity contribution in [3.05, 3.63) is 23.3 Å². The predicted molar refractivity (Wildman–Crippen MR) is 109 cm³/mol. The van der Waals surface area contributed by atoms with E-state index in [4.69, 9.17) is 0 Å². The molecule has 0 unspecified atom stereocenters. The van der Waals surface area contributed by atoms with E-state index >= 15 is 0 Å². The Morgan fingerprint density at radius 3 is 2.39 bits per heavy atom. The highest BCUT2D eigenvalue weighted by atomic mass is 16.2. The van der Waals surface area contributed by atoms with Crippen molar-refractivity contribution in [2.75, 3.05) is 20.6 Å². The molecule has 0 aliphatic heterocycles. The second-order valence-electron chi connectivity index (χ2n) is 8.79. The molecule has 1 aromatic rings. The molecule has 0 bridgehead atoms. The minimum absolute atomic E-state index is 0.0312. The molecule has 2 aliphatic rings. The fraction of sp³-hybridized carbons (Fsp3) is 0.727. The van der Waals surface area contributed by atoms with Crippen molar-refractivity contribution in [2.45, 2.75) is 70.6 Å². The van der Waals surface area contributed by atoms with E-state index in [1.54, 1.807) is 25.2 Å². The lowest BCUT2D eigenvalue weighted by Gasteiger charge is -2.29. The lowest BCUT2D eigenvalue weighted by Crippen LogP contribution is -2.32. The number of amides is 2. The van der Waals surface area contributed by atoms with E-state index < -0.39 is 0 Å². The third-order valence-electron chi connectivity index (χ3n) is 6.35. The molecule has 28 heavy (non-hydrogen) atoms. The summed E-state index contributed by atoms with van der Waals surface area (Å²) in [6.45, 7) is 2.66. The summed E-state index contributed by atoms with van der Waals surface area (Å²) in [6, 6.07) is 0. The fourth-order valence-electron chi connectivity index (χ4n) is 4.65. The summed E-state index contributed by atoms with van der Waals surface area (Å²) in [4.78, 5) is 35.1. The summed E-state index contributed by atoms with van der Waals surface area (Å²) in [7, 11) is 3.52. The van der Waals surface area contributed by atoms with Gasteiger partial charge in [-0.2, -0.15) is 0 Å². The molecule has 0 spiro atoms. The Hall–Kier alpha value is -1.98. The van der Waals surface area contributed by atoms with E-state index in [0.29, 0.717) is 35.6 Å². The van der Waals surface area contributed by atoms with Gasteiger partial charge < -0.3 is 10.2 Å². The summed E-state index contributed by atoms with van der Waals surface area (Å²) in [5.74, 6) is 2.33. The largest absolute Gasteiger partial charge is 0.356 e. The Balaban J connectivity index is 1.52. The van der Waals surface area contributed by atoms with E-state index in [0.717, 1.165) is 37.9 Å². The van der Waals surface area contributed by atoms with Gasteiger partial charge in [-0.3, -0.25) is 9.59 Å². The van der Waals surface area contributed by atoms with Crippen LogP contribution in [0.25, 0.3) is 0 Å². The molecule has 2 saturated carbocycles. The molecule has 2 aliphatic carbocycles. The molecule has 1 N–H and O–H groups in total. The molecule has 6 nitrogen and oxygen atoms in total. The number of carbonyl (C=O) groups is 2. The monoisotopic (exact) mass is 386 g/mol. The van der Waals surface area contributed by atoms with Gasteiger partial charge in [0, 0.05) is 39.2 Å². The van der Waals surface area contributed by atoms with Crippen molar-refractivity contribution < 1.29 is 9.59 Å². The maximum atomic E-state index is 12.5. The SMILES string of the molecule is Cc1ncc(C(=O)N(C)C)c(C2CCC(CNC(=O)CC3CCCC3)CC2)n1. The number of nitrogens with zero attached hydrogens (tertiary/aromatic N) is 3. The first-order valence-electron chi connectivity index (χ1n) is 10.8. The van der Waals surface area contributed by atoms with Crippen LogP contribution in [-0.4, -0.2) is 47.3 Å².